The number of methoxy groups -OCH3 is 1. The molecule has 0 aliphatic rings. The minimum atomic E-state index is -0.660. The first-order chi connectivity index (χ1) is 13.3. The van der Waals surface area contributed by atoms with Gasteiger partial charge in [-0.2, -0.15) is 5.26 Å². The number of nitrogen functional groups attached to an aromatic ring is 1. The molecule has 2 rings (SSSR count). The summed E-state index contributed by atoms with van der Waals surface area (Å²) in [5.74, 6) is -0.660. The molecule has 1 aromatic carbocycles. The number of carbonyl (C=O) groups is 1. The zero-order valence-electron chi connectivity index (χ0n) is 16.0. The quantitative estimate of drug-likeness (QED) is 0.319. The molecule has 9 nitrogen and oxygen atoms in total. The monoisotopic (exact) mass is 386 g/mol. The second-order valence-corrected chi connectivity index (χ2v) is 6.32. The van der Waals surface area contributed by atoms with Crippen molar-refractivity contribution >= 4 is 17.3 Å². The summed E-state index contributed by atoms with van der Waals surface area (Å²) in [6.07, 6.45) is 0.639. The lowest BCUT2D eigenvalue weighted by atomic mass is 10.1. The number of nitrogens with two attached hydrogens (primary N) is 1. The minimum Gasteiger partial charge on any atom is -0.464 e. The predicted octanol–water partition coefficient (Wildman–Crippen LogP) is 3.12. The smallest absolute Gasteiger partial charge is 0.356 e. The van der Waals surface area contributed by atoms with Crippen LogP contribution in [0.15, 0.2) is 24.3 Å². The molecule has 9 heteroatoms. The molecular formula is C19H22N4O5. The lowest BCUT2D eigenvalue weighted by molar-refractivity contribution is -0.384. The minimum absolute atomic E-state index is 0.0208. The normalized spacial score (nSPS) is 10.7. The Bertz CT molecular complexity index is 910. The Morgan fingerprint density at radius 3 is 2.50 bits per heavy atom. The zero-order valence-corrected chi connectivity index (χ0v) is 16.0. The van der Waals surface area contributed by atoms with Gasteiger partial charge in [-0.05, 0) is 32.4 Å². The van der Waals surface area contributed by atoms with Crippen LogP contribution in [0.2, 0.25) is 0 Å². The molecule has 148 valence electrons. The van der Waals surface area contributed by atoms with E-state index in [-0.39, 0.29) is 28.7 Å². The number of nitriles is 1. The van der Waals surface area contributed by atoms with Gasteiger partial charge >= 0.3 is 5.97 Å². The van der Waals surface area contributed by atoms with Crippen molar-refractivity contribution in [3.63, 3.8) is 0 Å². The Labute approximate surface area is 162 Å². The Morgan fingerprint density at radius 2 is 2.00 bits per heavy atom. The first kappa shape index (κ1) is 20.9. The van der Waals surface area contributed by atoms with Gasteiger partial charge < -0.3 is 19.8 Å². The molecule has 0 amide bonds. The highest BCUT2D eigenvalue weighted by Gasteiger charge is 2.27. The fourth-order valence-corrected chi connectivity index (χ4v) is 2.87. The predicted molar refractivity (Wildman–Crippen MR) is 103 cm³/mol. The Hall–Kier alpha value is -3.38. The van der Waals surface area contributed by atoms with Crippen molar-refractivity contribution in [3.05, 3.63) is 45.6 Å². The second kappa shape index (κ2) is 9.01. The number of anilines is 1. The molecule has 0 saturated heterocycles. The maximum atomic E-state index is 12.3. The van der Waals surface area contributed by atoms with Gasteiger partial charge in [0.25, 0.3) is 5.69 Å². The van der Waals surface area contributed by atoms with Crippen LogP contribution in [0.3, 0.4) is 0 Å². The third kappa shape index (κ3) is 4.29. The number of aromatic nitrogens is 1. The number of hydrogen-bond donors (Lipinski definition) is 1. The summed E-state index contributed by atoms with van der Waals surface area (Å²) < 4.78 is 12.0. The summed E-state index contributed by atoms with van der Waals surface area (Å²) >= 11 is 0. The van der Waals surface area contributed by atoms with Crippen molar-refractivity contribution in [1.29, 1.82) is 5.26 Å². The van der Waals surface area contributed by atoms with Gasteiger partial charge in [0, 0.05) is 30.8 Å². The number of ether oxygens (including phenoxy) is 2. The maximum Gasteiger partial charge on any atom is 0.356 e. The van der Waals surface area contributed by atoms with Crippen molar-refractivity contribution < 1.29 is 19.2 Å². The summed E-state index contributed by atoms with van der Waals surface area (Å²) in [6.45, 7) is 4.65. The van der Waals surface area contributed by atoms with Crippen molar-refractivity contribution in [3.8, 4) is 17.3 Å². The van der Waals surface area contributed by atoms with Crippen molar-refractivity contribution in [2.45, 2.75) is 32.9 Å². The van der Waals surface area contributed by atoms with Crippen LogP contribution in [0, 0.1) is 21.4 Å². The van der Waals surface area contributed by atoms with Gasteiger partial charge in [0.15, 0.2) is 5.69 Å². The summed E-state index contributed by atoms with van der Waals surface area (Å²) in [7, 11) is 1.23. The Morgan fingerprint density at radius 1 is 1.36 bits per heavy atom. The Kier molecular flexibility index (Phi) is 6.74. The van der Waals surface area contributed by atoms with Gasteiger partial charge in [0.1, 0.15) is 11.6 Å². The third-order valence-electron chi connectivity index (χ3n) is 4.12. The van der Waals surface area contributed by atoms with E-state index in [1.54, 1.807) is 4.57 Å². The largest absolute Gasteiger partial charge is 0.464 e. The van der Waals surface area contributed by atoms with Gasteiger partial charge in [-0.1, -0.05) is 0 Å². The van der Waals surface area contributed by atoms with Crippen LogP contribution in [0.1, 0.15) is 36.3 Å². The van der Waals surface area contributed by atoms with Crippen LogP contribution >= 0.6 is 0 Å². The van der Waals surface area contributed by atoms with Crippen molar-refractivity contribution in [2.75, 3.05) is 19.5 Å². The lowest BCUT2D eigenvalue weighted by Crippen LogP contribution is -2.15. The number of hydrogen-bond acceptors (Lipinski definition) is 7. The molecule has 28 heavy (non-hydrogen) atoms. The molecule has 1 heterocycles. The first-order valence-electron chi connectivity index (χ1n) is 8.68. The van der Waals surface area contributed by atoms with E-state index in [1.807, 2.05) is 19.9 Å². The highest BCUT2D eigenvalue weighted by molar-refractivity contribution is 5.98. The van der Waals surface area contributed by atoms with E-state index in [2.05, 4.69) is 0 Å². The van der Waals surface area contributed by atoms with Gasteiger partial charge in [0.2, 0.25) is 0 Å². The van der Waals surface area contributed by atoms with Gasteiger partial charge in [0.05, 0.1) is 29.5 Å². The van der Waals surface area contributed by atoms with Gasteiger partial charge in [-0.15, -0.1) is 0 Å². The SMILES string of the molecule is COC(=O)c1c(N)c(C#N)c(-c2ccc([N+](=O)[O-])cc2)n1CCCOC(C)C. The summed E-state index contributed by atoms with van der Waals surface area (Å²) in [5, 5.41) is 20.5. The van der Waals surface area contributed by atoms with E-state index >= 15 is 0 Å². The zero-order chi connectivity index (χ0) is 20.8. The van der Waals surface area contributed by atoms with E-state index in [0.29, 0.717) is 30.8 Å². The van der Waals surface area contributed by atoms with Crippen LogP contribution < -0.4 is 5.73 Å². The van der Waals surface area contributed by atoms with Crippen LogP contribution in [0.25, 0.3) is 11.3 Å². The van der Waals surface area contributed by atoms with Gasteiger partial charge in [-0.3, -0.25) is 10.1 Å². The molecule has 0 atom stereocenters. The number of benzene rings is 1. The fourth-order valence-electron chi connectivity index (χ4n) is 2.87. The standard InChI is InChI=1S/C19H22N4O5/c1-12(2)28-10-4-9-22-17(13-5-7-14(8-6-13)23(25)26)15(11-20)16(21)18(22)19(24)27-3/h5-8,12H,4,9-10,21H2,1-3H3. The second-order valence-electron chi connectivity index (χ2n) is 6.32. The molecule has 0 spiro atoms. The molecule has 0 fully saturated rings. The molecule has 2 N–H and O–H groups in total. The first-order valence-corrected chi connectivity index (χ1v) is 8.68. The van der Waals surface area contributed by atoms with E-state index in [0.717, 1.165) is 0 Å². The molecule has 0 aliphatic carbocycles. The van der Waals surface area contributed by atoms with E-state index in [1.165, 1.54) is 31.4 Å². The third-order valence-corrected chi connectivity index (χ3v) is 4.12. The topological polar surface area (TPSA) is 133 Å². The average Bonchev–Trinajstić information content (AvgIpc) is 2.95. The molecule has 0 bridgehead atoms. The van der Waals surface area contributed by atoms with E-state index < -0.39 is 10.9 Å². The molecule has 0 radical (unpaired) electrons. The lowest BCUT2D eigenvalue weighted by Gasteiger charge is -2.14. The number of rotatable bonds is 8. The van der Waals surface area contributed by atoms with Crippen molar-refractivity contribution in [2.24, 2.45) is 0 Å². The average molecular weight is 386 g/mol. The molecule has 2 aromatic rings. The van der Waals surface area contributed by atoms with Crippen LogP contribution in [0.4, 0.5) is 11.4 Å². The molecule has 0 aliphatic heterocycles. The van der Waals surface area contributed by atoms with Crippen LogP contribution in [-0.4, -0.2) is 35.3 Å². The number of esters is 1. The summed E-state index contributed by atoms with van der Waals surface area (Å²) in [5.41, 5.74) is 7.18. The fraction of sp³-hybridized carbons (Fsp3) is 0.368. The summed E-state index contributed by atoms with van der Waals surface area (Å²) in [6, 6.07) is 7.75. The van der Waals surface area contributed by atoms with Crippen LogP contribution in [-0.2, 0) is 16.0 Å². The molecule has 1 aromatic heterocycles. The number of carbonyl (C=O) groups excluding carboxylic acids is 1. The Balaban J connectivity index is 2.56. The molecular weight excluding hydrogens is 364 g/mol. The molecule has 0 saturated carbocycles. The van der Waals surface area contributed by atoms with E-state index in [9.17, 15) is 20.2 Å². The van der Waals surface area contributed by atoms with Crippen molar-refractivity contribution in [1.82, 2.24) is 4.57 Å². The highest BCUT2D eigenvalue weighted by Crippen LogP contribution is 2.35. The summed E-state index contributed by atoms with van der Waals surface area (Å²) in [4.78, 5) is 22.7. The van der Waals surface area contributed by atoms with Crippen LogP contribution in [0.5, 0.6) is 0 Å². The molecule has 0 unspecified atom stereocenters. The number of non-ortho nitro benzene ring substituents is 1. The van der Waals surface area contributed by atoms with E-state index in [4.69, 9.17) is 15.2 Å². The van der Waals surface area contributed by atoms with Gasteiger partial charge in [-0.25, -0.2) is 4.79 Å². The number of nitro benzene ring substituents is 1. The number of nitro groups is 1. The highest BCUT2D eigenvalue weighted by atomic mass is 16.6. The number of nitrogens with zero attached hydrogens (tertiary/aromatic N) is 3. The maximum absolute atomic E-state index is 12.3.